The van der Waals surface area contributed by atoms with Crippen molar-refractivity contribution in [1.29, 1.82) is 0 Å². The standard InChI is InChI=1S/C9H13ClN2O2/c1-9(2,8(13)14-3)6-12-5-7(10)4-11-12/h4-5H,6H2,1-3H3. The molecule has 78 valence electrons. The predicted molar refractivity (Wildman–Crippen MR) is 53.0 cm³/mol. The number of carbonyl (C=O) groups is 1. The molecule has 14 heavy (non-hydrogen) atoms. The molecule has 0 saturated heterocycles. The number of hydrogen-bond donors (Lipinski definition) is 0. The molecule has 1 rings (SSSR count). The average molecular weight is 217 g/mol. The summed E-state index contributed by atoms with van der Waals surface area (Å²) in [5.41, 5.74) is -0.593. The van der Waals surface area contributed by atoms with Crippen molar-refractivity contribution in [2.75, 3.05) is 7.11 Å². The molecule has 4 nitrogen and oxygen atoms in total. The summed E-state index contributed by atoms with van der Waals surface area (Å²) in [6.07, 6.45) is 3.21. The van der Waals surface area contributed by atoms with Crippen LogP contribution < -0.4 is 0 Å². The molecule has 1 aromatic rings. The third-order valence-electron chi connectivity index (χ3n) is 1.90. The molecule has 0 aromatic carbocycles. The van der Waals surface area contributed by atoms with Gasteiger partial charge in [-0.3, -0.25) is 9.48 Å². The lowest BCUT2D eigenvalue weighted by Gasteiger charge is -2.20. The van der Waals surface area contributed by atoms with Crippen LogP contribution in [0.4, 0.5) is 0 Å². The van der Waals surface area contributed by atoms with Gasteiger partial charge in [0.15, 0.2) is 0 Å². The summed E-state index contributed by atoms with van der Waals surface area (Å²) < 4.78 is 6.31. The summed E-state index contributed by atoms with van der Waals surface area (Å²) in [6, 6.07) is 0. The quantitative estimate of drug-likeness (QED) is 0.723. The number of hydrogen-bond acceptors (Lipinski definition) is 3. The van der Waals surface area contributed by atoms with E-state index in [0.29, 0.717) is 11.6 Å². The SMILES string of the molecule is COC(=O)C(C)(C)Cn1cc(Cl)cn1. The first-order valence-corrected chi connectivity index (χ1v) is 4.60. The van der Waals surface area contributed by atoms with E-state index < -0.39 is 5.41 Å². The maximum Gasteiger partial charge on any atom is 0.313 e. The first-order chi connectivity index (χ1) is 6.45. The highest BCUT2D eigenvalue weighted by Gasteiger charge is 2.29. The maximum atomic E-state index is 11.3. The minimum Gasteiger partial charge on any atom is -0.469 e. The minimum atomic E-state index is -0.593. The van der Waals surface area contributed by atoms with Crippen molar-refractivity contribution in [2.45, 2.75) is 20.4 Å². The van der Waals surface area contributed by atoms with Crippen molar-refractivity contribution in [2.24, 2.45) is 5.41 Å². The van der Waals surface area contributed by atoms with Gasteiger partial charge in [-0.1, -0.05) is 11.6 Å². The second kappa shape index (κ2) is 4.00. The van der Waals surface area contributed by atoms with E-state index in [2.05, 4.69) is 9.84 Å². The molecule has 0 aliphatic carbocycles. The summed E-state index contributed by atoms with van der Waals surface area (Å²) in [6.45, 7) is 4.05. The summed E-state index contributed by atoms with van der Waals surface area (Å²) in [5.74, 6) is -0.260. The van der Waals surface area contributed by atoms with Crippen LogP contribution in [-0.4, -0.2) is 22.9 Å². The Hall–Kier alpha value is -1.03. The molecule has 0 bridgehead atoms. The van der Waals surface area contributed by atoms with E-state index in [0.717, 1.165) is 0 Å². The summed E-state index contributed by atoms with van der Waals surface area (Å²) in [4.78, 5) is 11.3. The van der Waals surface area contributed by atoms with Crippen molar-refractivity contribution < 1.29 is 9.53 Å². The molecular weight excluding hydrogens is 204 g/mol. The number of nitrogens with zero attached hydrogens (tertiary/aromatic N) is 2. The number of halogens is 1. The van der Waals surface area contributed by atoms with Gasteiger partial charge in [0.05, 0.1) is 30.3 Å². The van der Waals surface area contributed by atoms with Crippen LogP contribution in [0.25, 0.3) is 0 Å². The minimum absolute atomic E-state index is 0.260. The molecule has 0 amide bonds. The average Bonchev–Trinajstić information content (AvgIpc) is 2.48. The van der Waals surface area contributed by atoms with Gasteiger partial charge in [-0.25, -0.2) is 0 Å². The van der Waals surface area contributed by atoms with Crippen molar-refractivity contribution in [3.63, 3.8) is 0 Å². The smallest absolute Gasteiger partial charge is 0.313 e. The van der Waals surface area contributed by atoms with Gasteiger partial charge >= 0.3 is 5.97 Å². The normalized spacial score (nSPS) is 11.4. The molecule has 1 heterocycles. The van der Waals surface area contributed by atoms with E-state index in [1.54, 1.807) is 24.7 Å². The Morgan fingerprint density at radius 3 is 2.79 bits per heavy atom. The Balaban J connectivity index is 2.72. The van der Waals surface area contributed by atoms with Crippen molar-refractivity contribution in [3.8, 4) is 0 Å². The van der Waals surface area contributed by atoms with Crippen LogP contribution >= 0.6 is 11.6 Å². The van der Waals surface area contributed by atoms with Crippen molar-refractivity contribution in [3.05, 3.63) is 17.4 Å². The molecule has 0 fully saturated rings. The van der Waals surface area contributed by atoms with Gasteiger partial charge in [0, 0.05) is 6.20 Å². The van der Waals surface area contributed by atoms with Crippen molar-refractivity contribution >= 4 is 17.6 Å². The number of ether oxygens (including phenoxy) is 1. The Labute approximate surface area is 87.8 Å². The fourth-order valence-electron chi connectivity index (χ4n) is 1.17. The van der Waals surface area contributed by atoms with Gasteiger partial charge < -0.3 is 4.74 Å². The second-order valence-electron chi connectivity index (χ2n) is 3.73. The van der Waals surface area contributed by atoms with Crippen molar-refractivity contribution in [1.82, 2.24) is 9.78 Å². The molecule has 0 saturated carbocycles. The highest BCUT2D eigenvalue weighted by molar-refractivity contribution is 6.30. The van der Waals surface area contributed by atoms with Gasteiger partial charge in [-0.05, 0) is 13.8 Å². The Morgan fingerprint density at radius 2 is 2.36 bits per heavy atom. The Kier molecular flexibility index (Phi) is 3.16. The Bertz CT molecular complexity index is 333. The van der Waals surface area contributed by atoms with Crippen LogP contribution in [0.5, 0.6) is 0 Å². The number of carbonyl (C=O) groups excluding carboxylic acids is 1. The van der Waals surface area contributed by atoms with Gasteiger partial charge in [0.2, 0.25) is 0 Å². The molecule has 0 aliphatic rings. The summed E-state index contributed by atoms with van der Waals surface area (Å²) in [5, 5.41) is 4.56. The zero-order valence-electron chi connectivity index (χ0n) is 8.45. The molecule has 1 aromatic heterocycles. The Morgan fingerprint density at radius 1 is 1.71 bits per heavy atom. The molecule has 0 aliphatic heterocycles. The van der Waals surface area contributed by atoms with E-state index in [4.69, 9.17) is 11.6 Å². The van der Waals surface area contributed by atoms with Crippen LogP contribution in [0.3, 0.4) is 0 Å². The third-order valence-corrected chi connectivity index (χ3v) is 2.09. The van der Waals surface area contributed by atoms with E-state index in [-0.39, 0.29) is 5.97 Å². The molecule has 0 N–H and O–H groups in total. The molecule has 0 spiro atoms. The number of rotatable bonds is 3. The lowest BCUT2D eigenvalue weighted by molar-refractivity contribution is -0.151. The molecule has 0 radical (unpaired) electrons. The lowest BCUT2D eigenvalue weighted by Crippen LogP contribution is -2.30. The first-order valence-electron chi connectivity index (χ1n) is 4.22. The zero-order chi connectivity index (χ0) is 10.8. The van der Waals surface area contributed by atoms with Crippen LogP contribution in [0.2, 0.25) is 5.02 Å². The van der Waals surface area contributed by atoms with E-state index in [9.17, 15) is 4.79 Å². The van der Waals surface area contributed by atoms with Crippen LogP contribution in [0.15, 0.2) is 12.4 Å². The first kappa shape index (κ1) is 11.0. The number of aromatic nitrogens is 2. The van der Waals surface area contributed by atoms with Crippen LogP contribution in [-0.2, 0) is 16.1 Å². The van der Waals surface area contributed by atoms with Gasteiger partial charge in [0.1, 0.15) is 0 Å². The van der Waals surface area contributed by atoms with Gasteiger partial charge in [0.25, 0.3) is 0 Å². The summed E-state index contributed by atoms with van der Waals surface area (Å²) in [7, 11) is 1.38. The number of methoxy groups -OCH3 is 1. The number of esters is 1. The third kappa shape index (κ3) is 2.48. The maximum absolute atomic E-state index is 11.3. The largest absolute Gasteiger partial charge is 0.469 e. The van der Waals surface area contributed by atoms with E-state index in [1.165, 1.54) is 13.3 Å². The van der Waals surface area contributed by atoms with Crippen LogP contribution in [0, 0.1) is 5.41 Å². The van der Waals surface area contributed by atoms with E-state index >= 15 is 0 Å². The second-order valence-corrected chi connectivity index (χ2v) is 4.17. The lowest BCUT2D eigenvalue weighted by atomic mass is 9.94. The fourth-order valence-corrected chi connectivity index (χ4v) is 1.33. The topological polar surface area (TPSA) is 44.1 Å². The van der Waals surface area contributed by atoms with E-state index in [1.807, 2.05) is 0 Å². The molecule has 5 heteroatoms. The molecule has 0 atom stereocenters. The van der Waals surface area contributed by atoms with Gasteiger partial charge in [-0.15, -0.1) is 0 Å². The fraction of sp³-hybridized carbons (Fsp3) is 0.556. The van der Waals surface area contributed by atoms with Gasteiger partial charge in [-0.2, -0.15) is 5.10 Å². The highest BCUT2D eigenvalue weighted by atomic mass is 35.5. The monoisotopic (exact) mass is 216 g/mol. The molecule has 0 unspecified atom stereocenters. The molecular formula is C9H13ClN2O2. The van der Waals surface area contributed by atoms with Crippen LogP contribution in [0.1, 0.15) is 13.8 Å². The zero-order valence-corrected chi connectivity index (χ0v) is 9.21. The summed E-state index contributed by atoms with van der Waals surface area (Å²) >= 11 is 5.70. The highest BCUT2D eigenvalue weighted by Crippen LogP contribution is 2.20. The predicted octanol–water partition coefficient (Wildman–Crippen LogP) is 1.74.